The molecule has 0 radical (unpaired) electrons. The number of aromatic nitrogens is 1. The fourth-order valence-corrected chi connectivity index (χ4v) is 2.72. The molecule has 2 rings (SSSR count). The molecule has 0 aliphatic carbocycles. The average molecular weight is 322 g/mol. The maximum Gasteiger partial charge on any atom is 0.290 e. The Bertz CT molecular complexity index is 655. The Balaban J connectivity index is 2.21. The van der Waals surface area contributed by atoms with Crippen molar-refractivity contribution in [2.45, 2.75) is 19.4 Å². The minimum atomic E-state index is -3.13. The van der Waals surface area contributed by atoms with Crippen LogP contribution in [0.15, 0.2) is 48.4 Å². The second-order valence-electron chi connectivity index (χ2n) is 4.89. The van der Waals surface area contributed by atoms with E-state index < -0.39 is 18.4 Å². The van der Waals surface area contributed by atoms with Crippen LogP contribution in [0.2, 0.25) is 0 Å². The standard InChI is InChI=1S/C16H16F2N2OS/c1-3-15(21)20(9-13-10-22-19-12(13)2)11-16(17,18)14-7-5-4-6-8-14/h3-8,10H,1,9,11H2,2H3. The third-order valence-corrected chi connectivity index (χ3v) is 4.05. The molecular formula is C16H16F2N2OS. The van der Waals surface area contributed by atoms with Gasteiger partial charge in [-0.15, -0.1) is 0 Å². The Labute approximate surface area is 132 Å². The number of rotatable bonds is 6. The second kappa shape index (κ2) is 6.79. The van der Waals surface area contributed by atoms with Crippen molar-refractivity contribution in [2.24, 2.45) is 0 Å². The predicted molar refractivity (Wildman–Crippen MR) is 82.8 cm³/mol. The third-order valence-electron chi connectivity index (χ3n) is 3.28. The molecule has 0 spiro atoms. The molecule has 0 atom stereocenters. The summed E-state index contributed by atoms with van der Waals surface area (Å²) in [5.41, 5.74) is 1.40. The van der Waals surface area contributed by atoms with Gasteiger partial charge in [0.25, 0.3) is 5.92 Å². The first-order valence-electron chi connectivity index (χ1n) is 6.68. The Morgan fingerprint density at radius 2 is 2.09 bits per heavy atom. The van der Waals surface area contributed by atoms with E-state index >= 15 is 0 Å². The van der Waals surface area contributed by atoms with Crippen LogP contribution in [0.5, 0.6) is 0 Å². The van der Waals surface area contributed by atoms with Crippen molar-refractivity contribution < 1.29 is 13.6 Å². The van der Waals surface area contributed by atoms with Crippen molar-refractivity contribution in [1.29, 1.82) is 0 Å². The smallest absolute Gasteiger partial charge is 0.290 e. The maximum absolute atomic E-state index is 14.4. The molecule has 0 saturated carbocycles. The van der Waals surface area contributed by atoms with Gasteiger partial charge in [0.05, 0.1) is 12.2 Å². The summed E-state index contributed by atoms with van der Waals surface area (Å²) >= 11 is 1.24. The minimum absolute atomic E-state index is 0.0929. The number of hydrogen-bond acceptors (Lipinski definition) is 3. The molecule has 0 fully saturated rings. The van der Waals surface area contributed by atoms with Gasteiger partial charge in [-0.25, -0.2) is 0 Å². The van der Waals surface area contributed by atoms with Crippen molar-refractivity contribution >= 4 is 17.4 Å². The minimum Gasteiger partial charge on any atom is -0.328 e. The van der Waals surface area contributed by atoms with Crippen molar-refractivity contribution in [3.63, 3.8) is 0 Å². The molecule has 1 heterocycles. The molecule has 1 aromatic heterocycles. The molecule has 2 aromatic rings. The molecule has 116 valence electrons. The Morgan fingerprint density at radius 1 is 1.41 bits per heavy atom. The topological polar surface area (TPSA) is 33.2 Å². The first-order chi connectivity index (χ1) is 10.4. The molecule has 1 aromatic carbocycles. The summed E-state index contributed by atoms with van der Waals surface area (Å²) in [6, 6.07) is 7.49. The molecule has 0 aliphatic rings. The summed E-state index contributed by atoms with van der Waals surface area (Å²) in [7, 11) is 0. The van der Waals surface area contributed by atoms with Crippen LogP contribution in [-0.4, -0.2) is 21.7 Å². The van der Waals surface area contributed by atoms with E-state index in [1.807, 2.05) is 0 Å². The average Bonchev–Trinajstić information content (AvgIpc) is 2.91. The molecule has 0 saturated heterocycles. The number of aryl methyl sites for hydroxylation is 1. The summed E-state index contributed by atoms with van der Waals surface area (Å²) in [5, 5.41) is 1.76. The van der Waals surface area contributed by atoms with Gasteiger partial charge >= 0.3 is 0 Å². The van der Waals surface area contributed by atoms with Gasteiger partial charge in [-0.2, -0.15) is 13.2 Å². The number of hydrogen-bond donors (Lipinski definition) is 0. The van der Waals surface area contributed by atoms with Gasteiger partial charge in [0.1, 0.15) is 0 Å². The molecule has 0 unspecified atom stereocenters. The van der Waals surface area contributed by atoms with Crippen LogP contribution < -0.4 is 0 Å². The summed E-state index contributed by atoms with van der Waals surface area (Å²) in [6.45, 7) is 4.57. The van der Waals surface area contributed by atoms with E-state index in [0.717, 1.165) is 22.2 Å². The highest BCUT2D eigenvalue weighted by Gasteiger charge is 2.35. The molecule has 0 aliphatic heterocycles. The lowest BCUT2D eigenvalue weighted by atomic mass is 10.1. The lowest BCUT2D eigenvalue weighted by Crippen LogP contribution is -2.38. The molecular weight excluding hydrogens is 306 g/mol. The lowest BCUT2D eigenvalue weighted by Gasteiger charge is -2.26. The fraction of sp³-hybridized carbons (Fsp3) is 0.250. The zero-order valence-corrected chi connectivity index (χ0v) is 12.9. The van der Waals surface area contributed by atoms with Crippen molar-refractivity contribution in [1.82, 2.24) is 9.27 Å². The van der Waals surface area contributed by atoms with Crippen molar-refractivity contribution in [3.8, 4) is 0 Å². The summed E-state index contributed by atoms with van der Waals surface area (Å²) in [6.07, 6.45) is 1.05. The monoisotopic (exact) mass is 322 g/mol. The van der Waals surface area contributed by atoms with Gasteiger partial charge in [0.15, 0.2) is 0 Å². The first kappa shape index (κ1) is 16.3. The molecule has 0 bridgehead atoms. The molecule has 3 nitrogen and oxygen atoms in total. The Hall–Kier alpha value is -2.08. The van der Waals surface area contributed by atoms with Crippen LogP contribution in [0, 0.1) is 6.92 Å². The highest BCUT2D eigenvalue weighted by Crippen LogP contribution is 2.29. The number of carbonyl (C=O) groups excluding carboxylic acids is 1. The van der Waals surface area contributed by atoms with Crippen LogP contribution >= 0.6 is 11.5 Å². The van der Waals surface area contributed by atoms with Gasteiger partial charge in [-0.3, -0.25) is 4.79 Å². The highest BCUT2D eigenvalue weighted by molar-refractivity contribution is 7.03. The van der Waals surface area contributed by atoms with Crippen molar-refractivity contribution in [2.75, 3.05) is 6.54 Å². The van der Waals surface area contributed by atoms with E-state index in [1.165, 1.54) is 23.7 Å². The first-order valence-corrected chi connectivity index (χ1v) is 7.52. The van der Waals surface area contributed by atoms with Crippen LogP contribution in [-0.2, 0) is 17.3 Å². The van der Waals surface area contributed by atoms with E-state index in [4.69, 9.17) is 0 Å². The highest BCUT2D eigenvalue weighted by atomic mass is 32.1. The molecule has 22 heavy (non-hydrogen) atoms. The van der Waals surface area contributed by atoms with Gasteiger partial charge in [-0.1, -0.05) is 36.9 Å². The van der Waals surface area contributed by atoms with Gasteiger partial charge in [-0.05, 0) is 24.5 Å². The van der Waals surface area contributed by atoms with Gasteiger partial charge < -0.3 is 4.90 Å². The largest absolute Gasteiger partial charge is 0.328 e. The number of benzene rings is 1. The Kier molecular flexibility index (Phi) is 5.03. The van der Waals surface area contributed by atoms with Crippen LogP contribution in [0.25, 0.3) is 0 Å². The number of alkyl halides is 2. The summed E-state index contributed by atoms with van der Waals surface area (Å²) in [4.78, 5) is 13.0. The van der Waals surface area contributed by atoms with E-state index in [0.29, 0.717) is 0 Å². The third kappa shape index (κ3) is 3.76. The van der Waals surface area contributed by atoms with Crippen LogP contribution in [0.1, 0.15) is 16.8 Å². The number of nitrogens with zero attached hydrogens (tertiary/aromatic N) is 2. The summed E-state index contributed by atoms with van der Waals surface area (Å²) < 4.78 is 32.9. The normalized spacial score (nSPS) is 11.2. The zero-order valence-electron chi connectivity index (χ0n) is 12.1. The fourth-order valence-electron chi connectivity index (χ4n) is 2.02. The van der Waals surface area contributed by atoms with Gasteiger partial charge in [0, 0.05) is 23.1 Å². The Morgan fingerprint density at radius 3 is 2.64 bits per heavy atom. The second-order valence-corrected chi connectivity index (χ2v) is 5.52. The van der Waals surface area contributed by atoms with E-state index in [1.54, 1.807) is 30.5 Å². The quantitative estimate of drug-likeness (QED) is 0.759. The SMILES string of the molecule is C=CC(=O)N(Cc1csnc1C)CC(F)(F)c1ccccc1. The van der Waals surface area contributed by atoms with E-state index in [-0.39, 0.29) is 12.1 Å². The van der Waals surface area contributed by atoms with Gasteiger partial charge in [0.2, 0.25) is 5.91 Å². The molecule has 1 amide bonds. The van der Waals surface area contributed by atoms with Crippen LogP contribution in [0.3, 0.4) is 0 Å². The van der Waals surface area contributed by atoms with E-state index in [2.05, 4.69) is 11.0 Å². The number of halogens is 2. The molecule has 0 N–H and O–H groups in total. The van der Waals surface area contributed by atoms with E-state index in [9.17, 15) is 13.6 Å². The number of carbonyl (C=O) groups is 1. The summed E-state index contributed by atoms with van der Waals surface area (Å²) in [5.74, 6) is -3.65. The maximum atomic E-state index is 14.4. The van der Waals surface area contributed by atoms with Crippen molar-refractivity contribution in [3.05, 3.63) is 65.2 Å². The zero-order chi connectivity index (χ0) is 16.2. The number of amides is 1. The van der Waals surface area contributed by atoms with Crippen LogP contribution in [0.4, 0.5) is 8.78 Å². The predicted octanol–water partition coefficient (Wildman–Crippen LogP) is 3.76. The molecule has 6 heteroatoms. The lowest BCUT2D eigenvalue weighted by molar-refractivity contribution is -0.133.